The molecule has 1 aliphatic rings. The molecule has 0 radical (unpaired) electrons. The van der Waals surface area contributed by atoms with Crippen molar-refractivity contribution in [3.05, 3.63) is 36.3 Å². The Hall–Kier alpha value is -2.96. The van der Waals surface area contributed by atoms with Crippen molar-refractivity contribution in [1.82, 2.24) is 19.3 Å². The van der Waals surface area contributed by atoms with Gasteiger partial charge in [-0.25, -0.2) is 4.98 Å². The van der Waals surface area contributed by atoms with E-state index in [-0.39, 0.29) is 5.75 Å². The van der Waals surface area contributed by atoms with E-state index in [2.05, 4.69) is 16.8 Å². The van der Waals surface area contributed by atoms with E-state index in [1.165, 1.54) is 12.8 Å². The molecule has 2 aromatic heterocycles. The van der Waals surface area contributed by atoms with E-state index in [0.29, 0.717) is 11.6 Å². The van der Waals surface area contributed by atoms with Gasteiger partial charge in [-0.2, -0.15) is 5.10 Å². The number of methoxy groups -OCH3 is 1. The molecule has 1 fully saturated rings. The highest BCUT2D eigenvalue weighted by Gasteiger charge is 2.25. The predicted molar refractivity (Wildman–Crippen MR) is 100 cm³/mol. The van der Waals surface area contributed by atoms with Crippen LogP contribution in [0.25, 0.3) is 17.1 Å². The van der Waals surface area contributed by atoms with Gasteiger partial charge in [-0.15, -0.1) is 0 Å². The first-order chi connectivity index (χ1) is 12.6. The maximum atomic E-state index is 9.96. The molecule has 3 heterocycles. The summed E-state index contributed by atoms with van der Waals surface area (Å²) >= 11 is 0. The third-order valence-electron chi connectivity index (χ3n) is 5.00. The first-order valence-corrected chi connectivity index (χ1v) is 8.80. The van der Waals surface area contributed by atoms with Crippen LogP contribution in [-0.4, -0.2) is 44.6 Å². The van der Waals surface area contributed by atoms with Crippen molar-refractivity contribution in [2.75, 3.05) is 25.1 Å². The predicted octanol–water partition coefficient (Wildman–Crippen LogP) is 2.90. The van der Waals surface area contributed by atoms with Crippen molar-refractivity contribution >= 4 is 5.82 Å². The molecular formula is C19H23N5O2. The van der Waals surface area contributed by atoms with Gasteiger partial charge >= 0.3 is 0 Å². The van der Waals surface area contributed by atoms with E-state index >= 15 is 0 Å². The van der Waals surface area contributed by atoms with Gasteiger partial charge in [-0.3, -0.25) is 9.25 Å². The Morgan fingerprint density at radius 1 is 1.19 bits per heavy atom. The standard InChI is InChI=1S/C19H23N5O2/c1-13-17(19(21-22(13)2)23-9-4-5-10-23)24-11-8-20-18(24)15-12-14(25)6-7-16(15)26-3/h6-8,11-12,25H,4-5,9-10H2,1-3H3. The second-order valence-corrected chi connectivity index (χ2v) is 6.58. The van der Waals surface area contributed by atoms with E-state index in [4.69, 9.17) is 9.84 Å². The number of anilines is 1. The number of aromatic hydroxyl groups is 1. The molecule has 136 valence electrons. The monoisotopic (exact) mass is 353 g/mol. The molecule has 1 saturated heterocycles. The number of rotatable bonds is 4. The Balaban J connectivity index is 1.90. The molecule has 7 nitrogen and oxygen atoms in total. The summed E-state index contributed by atoms with van der Waals surface area (Å²) in [6.45, 7) is 4.09. The zero-order valence-electron chi connectivity index (χ0n) is 15.3. The first-order valence-electron chi connectivity index (χ1n) is 8.80. The second kappa shape index (κ2) is 6.40. The van der Waals surface area contributed by atoms with E-state index in [0.717, 1.165) is 35.9 Å². The average molecular weight is 353 g/mol. The fraction of sp³-hybridized carbons (Fsp3) is 0.368. The lowest BCUT2D eigenvalue weighted by Crippen LogP contribution is -2.20. The third-order valence-corrected chi connectivity index (χ3v) is 5.00. The molecule has 1 aromatic carbocycles. The number of hydrogen-bond donors (Lipinski definition) is 1. The van der Waals surface area contributed by atoms with Gasteiger partial charge in [-0.05, 0) is 38.0 Å². The molecule has 0 atom stereocenters. The van der Waals surface area contributed by atoms with Crippen LogP contribution in [0.4, 0.5) is 5.82 Å². The lowest BCUT2D eigenvalue weighted by Gasteiger charge is -2.18. The molecule has 1 N–H and O–H groups in total. The van der Waals surface area contributed by atoms with Crippen LogP contribution in [0, 0.1) is 6.92 Å². The molecule has 1 aliphatic heterocycles. The maximum Gasteiger partial charge on any atom is 0.175 e. The highest BCUT2D eigenvalue weighted by molar-refractivity contribution is 5.71. The number of ether oxygens (including phenoxy) is 1. The van der Waals surface area contributed by atoms with Crippen LogP contribution in [0.2, 0.25) is 0 Å². The van der Waals surface area contributed by atoms with Crippen LogP contribution in [0.15, 0.2) is 30.6 Å². The summed E-state index contributed by atoms with van der Waals surface area (Å²) in [5.41, 5.74) is 2.82. The first kappa shape index (κ1) is 16.5. The number of hydrogen-bond acceptors (Lipinski definition) is 5. The van der Waals surface area contributed by atoms with Gasteiger partial charge < -0.3 is 14.7 Å². The Morgan fingerprint density at radius 3 is 2.69 bits per heavy atom. The van der Waals surface area contributed by atoms with Gasteiger partial charge in [0.1, 0.15) is 23.0 Å². The van der Waals surface area contributed by atoms with Crippen molar-refractivity contribution < 1.29 is 9.84 Å². The lowest BCUT2D eigenvalue weighted by molar-refractivity contribution is 0.413. The normalized spacial score (nSPS) is 14.2. The smallest absolute Gasteiger partial charge is 0.175 e. The van der Waals surface area contributed by atoms with E-state index in [1.807, 2.05) is 22.5 Å². The minimum atomic E-state index is 0.179. The fourth-order valence-corrected chi connectivity index (χ4v) is 3.56. The van der Waals surface area contributed by atoms with Crippen molar-refractivity contribution in [3.8, 4) is 28.6 Å². The van der Waals surface area contributed by atoms with Gasteiger partial charge in [0.25, 0.3) is 0 Å². The zero-order chi connectivity index (χ0) is 18.3. The van der Waals surface area contributed by atoms with Gasteiger partial charge in [-0.1, -0.05) is 0 Å². The summed E-state index contributed by atoms with van der Waals surface area (Å²) in [7, 11) is 3.58. The Labute approximate surface area is 152 Å². The summed E-state index contributed by atoms with van der Waals surface area (Å²) < 4.78 is 9.43. The van der Waals surface area contributed by atoms with E-state index in [1.54, 1.807) is 31.5 Å². The number of phenolic OH excluding ortho intramolecular Hbond substituents is 1. The highest BCUT2D eigenvalue weighted by atomic mass is 16.5. The third kappa shape index (κ3) is 2.60. The number of aromatic nitrogens is 4. The summed E-state index contributed by atoms with van der Waals surface area (Å²) in [6, 6.07) is 5.04. The largest absolute Gasteiger partial charge is 0.508 e. The Morgan fingerprint density at radius 2 is 1.96 bits per heavy atom. The van der Waals surface area contributed by atoms with E-state index < -0.39 is 0 Å². The molecule has 26 heavy (non-hydrogen) atoms. The summed E-state index contributed by atoms with van der Waals surface area (Å²) in [4.78, 5) is 6.87. The number of nitrogens with zero attached hydrogens (tertiary/aromatic N) is 5. The molecule has 3 aromatic rings. The molecule has 4 rings (SSSR count). The highest BCUT2D eigenvalue weighted by Crippen LogP contribution is 2.36. The van der Waals surface area contributed by atoms with Crippen LogP contribution in [0.5, 0.6) is 11.5 Å². The van der Waals surface area contributed by atoms with Crippen molar-refractivity contribution in [2.24, 2.45) is 7.05 Å². The number of aryl methyl sites for hydroxylation is 1. The average Bonchev–Trinajstić information content (AvgIpc) is 3.36. The summed E-state index contributed by atoms with van der Waals surface area (Å²) in [5.74, 6) is 2.53. The van der Waals surface area contributed by atoms with Crippen LogP contribution in [0.1, 0.15) is 18.5 Å². The Bertz CT molecular complexity index is 938. The SMILES string of the molecule is COc1ccc(O)cc1-c1nccn1-c1c(N2CCCC2)nn(C)c1C. The van der Waals surface area contributed by atoms with Crippen LogP contribution < -0.4 is 9.64 Å². The minimum Gasteiger partial charge on any atom is -0.508 e. The lowest BCUT2D eigenvalue weighted by atomic mass is 10.1. The van der Waals surface area contributed by atoms with Crippen molar-refractivity contribution in [1.29, 1.82) is 0 Å². The molecule has 7 heteroatoms. The quantitative estimate of drug-likeness (QED) is 0.781. The van der Waals surface area contributed by atoms with Gasteiger partial charge in [0.05, 0.1) is 18.4 Å². The van der Waals surface area contributed by atoms with Crippen molar-refractivity contribution in [3.63, 3.8) is 0 Å². The number of benzene rings is 1. The minimum absolute atomic E-state index is 0.179. The molecule has 0 aliphatic carbocycles. The molecule has 0 amide bonds. The topological polar surface area (TPSA) is 68.3 Å². The van der Waals surface area contributed by atoms with E-state index in [9.17, 15) is 5.11 Å². The molecule has 0 saturated carbocycles. The maximum absolute atomic E-state index is 9.96. The van der Waals surface area contributed by atoms with Gasteiger partial charge in [0.2, 0.25) is 0 Å². The summed E-state index contributed by atoms with van der Waals surface area (Å²) in [6.07, 6.45) is 6.07. The second-order valence-electron chi connectivity index (χ2n) is 6.58. The van der Waals surface area contributed by atoms with Crippen molar-refractivity contribution in [2.45, 2.75) is 19.8 Å². The number of phenols is 1. The Kier molecular flexibility index (Phi) is 4.06. The van der Waals surface area contributed by atoms with Crippen LogP contribution in [-0.2, 0) is 7.05 Å². The zero-order valence-corrected chi connectivity index (χ0v) is 15.3. The molecule has 0 unspecified atom stereocenters. The van der Waals surface area contributed by atoms with Gasteiger partial charge in [0, 0.05) is 32.5 Å². The van der Waals surface area contributed by atoms with Gasteiger partial charge in [0.15, 0.2) is 5.82 Å². The number of imidazole rings is 1. The summed E-state index contributed by atoms with van der Waals surface area (Å²) in [5, 5.41) is 14.7. The fourth-order valence-electron chi connectivity index (χ4n) is 3.56. The molecule has 0 spiro atoms. The molecular weight excluding hydrogens is 330 g/mol. The van der Waals surface area contributed by atoms with Crippen LogP contribution >= 0.6 is 0 Å². The molecule has 0 bridgehead atoms. The van der Waals surface area contributed by atoms with Crippen LogP contribution in [0.3, 0.4) is 0 Å².